The molecular formula is C9H14BrN5O. The zero-order valence-corrected chi connectivity index (χ0v) is 10.8. The van der Waals surface area contributed by atoms with E-state index in [0.29, 0.717) is 29.3 Å². The molecule has 1 heterocycles. The number of nitrogens with two attached hydrogens (primary N) is 1. The van der Waals surface area contributed by atoms with Crippen molar-refractivity contribution in [2.45, 2.75) is 6.42 Å². The van der Waals surface area contributed by atoms with Gasteiger partial charge >= 0.3 is 0 Å². The molecule has 3 N–H and O–H groups in total. The molecule has 0 aliphatic rings. The summed E-state index contributed by atoms with van der Waals surface area (Å²) in [6, 6.07) is 1.62. The summed E-state index contributed by atoms with van der Waals surface area (Å²) >= 11 is 3.24. The van der Waals surface area contributed by atoms with Crippen LogP contribution in [0.1, 0.15) is 6.42 Å². The molecule has 1 rings (SSSR count). The number of hydrogen-bond donors (Lipinski definition) is 2. The topological polar surface area (TPSA) is 84.1 Å². The number of aromatic nitrogens is 2. The molecule has 1 aromatic heterocycles. The summed E-state index contributed by atoms with van der Waals surface area (Å²) in [6.45, 7) is 0.537. The highest BCUT2D eigenvalue weighted by atomic mass is 79.9. The largest absolute Gasteiger partial charge is 0.383 e. The molecule has 0 aliphatic carbocycles. The fourth-order valence-corrected chi connectivity index (χ4v) is 1.48. The number of anilines is 2. The maximum absolute atomic E-state index is 11.1. The zero-order chi connectivity index (χ0) is 12.1. The van der Waals surface area contributed by atoms with Gasteiger partial charge in [0.2, 0.25) is 11.9 Å². The van der Waals surface area contributed by atoms with Gasteiger partial charge in [-0.1, -0.05) is 0 Å². The van der Waals surface area contributed by atoms with Gasteiger partial charge in [-0.25, -0.2) is 4.98 Å². The lowest BCUT2D eigenvalue weighted by atomic mass is 10.4. The van der Waals surface area contributed by atoms with Gasteiger partial charge in [-0.15, -0.1) is 0 Å². The summed E-state index contributed by atoms with van der Waals surface area (Å²) in [7, 11) is 3.42. The van der Waals surface area contributed by atoms with Crippen LogP contribution in [0.4, 0.5) is 11.8 Å². The van der Waals surface area contributed by atoms with Crippen molar-refractivity contribution in [2.75, 3.05) is 31.3 Å². The molecule has 6 nitrogen and oxygen atoms in total. The van der Waals surface area contributed by atoms with Crippen LogP contribution >= 0.6 is 15.9 Å². The second-order valence-corrected chi connectivity index (χ2v) is 4.07. The molecule has 88 valence electrons. The first-order valence-electron chi connectivity index (χ1n) is 4.74. The van der Waals surface area contributed by atoms with Crippen molar-refractivity contribution in [1.29, 1.82) is 0 Å². The number of carbonyl (C=O) groups excluding carboxylic acids is 1. The fraction of sp³-hybridized carbons (Fsp3) is 0.444. The highest BCUT2D eigenvalue weighted by Gasteiger charge is 2.08. The van der Waals surface area contributed by atoms with Gasteiger partial charge < -0.3 is 16.0 Å². The van der Waals surface area contributed by atoms with Gasteiger partial charge in [0.1, 0.15) is 10.4 Å². The maximum Gasteiger partial charge on any atom is 0.228 e. The molecule has 0 unspecified atom stereocenters. The first-order valence-corrected chi connectivity index (χ1v) is 5.54. The first-order chi connectivity index (χ1) is 7.52. The number of nitrogens with zero attached hydrogens (tertiary/aromatic N) is 3. The summed E-state index contributed by atoms with van der Waals surface area (Å²) in [5.74, 6) is 0.870. The molecule has 7 heteroatoms. The fourth-order valence-electron chi connectivity index (χ4n) is 1.09. The number of rotatable bonds is 4. The van der Waals surface area contributed by atoms with Gasteiger partial charge in [0.05, 0.1) is 0 Å². The van der Waals surface area contributed by atoms with Gasteiger partial charge in [0.25, 0.3) is 0 Å². The summed E-state index contributed by atoms with van der Waals surface area (Å²) in [6.07, 6.45) is 0.392. The summed E-state index contributed by atoms with van der Waals surface area (Å²) in [5, 5.41) is 2.55. The van der Waals surface area contributed by atoms with Gasteiger partial charge in [0.15, 0.2) is 0 Å². The van der Waals surface area contributed by atoms with Crippen molar-refractivity contribution in [1.82, 2.24) is 15.3 Å². The van der Waals surface area contributed by atoms with Crippen LogP contribution in [0, 0.1) is 0 Å². The van der Waals surface area contributed by atoms with Gasteiger partial charge in [-0.3, -0.25) is 4.79 Å². The molecule has 0 spiro atoms. The summed E-state index contributed by atoms with van der Waals surface area (Å²) in [4.78, 5) is 21.1. The second kappa shape index (κ2) is 5.64. The molecule has 1 aromatic rings. The highest BCUT2D eigenvalue weighted by molar-refractivity contribution is 9.10. The Morgan fingerprint density at radius 2 is 2.31 bits per heavy atom. The molecule has 0 saturated carbocycles. The SMILES string of the molecule is CNC(=O)CCN(C)c1nc(N)cc(Br)n1. The Bertz CT molecular complexity index is 364. The van der Waals surface area contributed by atoms with E-state index in [4.69, 9.17) is 5.73 Å². The van der Waals surface area contributed by atoms with Gasteiger partial charge in [-0.2, -0.15) is 4.98 Å². The van der Waals surface area contributed by atoms with Crippen molar-refractivity contribution in [3.8, 4) is 0 Å². The second-order valence-electron chi connectivity index (χ2n) is 3.26. The Morgan fingerprint density at radius 1 is 1.62 bits per heavy atom. The minimum absolute atomic E-state index is 0.0187. The van der Waals surface area contributed by atoms with Crippen LogP contribution in [0.3, 0.4) is 0 Å². The number of halogens is 1. The lowest BCUT2D eigenvalue weighted by Gasteiger charge is -2.16. The van der Waals surface area contributed by atoms with Crippen LogP contribution in [-0.4, -0.2) is 36.5 Å². The lowest BCUT2D eigenvalue weighted by Crippen LogP contribution is -2.27. The smallest absolute Gasteiger partial charge is 0.228 e. The Labute approximate surface area is 102 Å². The van der Waals surface area contributed by atoms with Crippen LogP contribution in [0.2, 0.25) is 0 Å². The third kappa shape index (κ3) is 3.65. The van der Waals surface area contributed by atoms with E-state index >= 15 is 0 Å². The van der Waals surface area contributed by atoms with Crippen molar-refractivity contribution < 1.29 is 4.79 Å². The Balaban J connectivity index is 2.65. The van der Waals surface area contributed by atoms with Crippen LogP contribution in [-0.2, 0) is 4.79 Å². The normalized spacial score (nSPS) is 9.94. The third-order valence-electron chi connectivity index (χ3n) is 2.00. The van der Waals surface area contributed by atoms with Crippen LogP contribution in [0.5, 0.6) is 0 Å². The average Bonchev–Trinajstić information content (AvgIpc) is 2.23. The van der Waals surface area contributed by atoms with E-state index < -0.39 is 0 Å². The monoisotopic (exact) mass is 287 g/mol. The quantitative estimate of drug-likeness (QED) is 0.783. The van der Waals surface area contributed by atoms with E-state index in [0.717, 1.165) is 0 Å². The molecule has 0 atom stereocenters. The molecule has 0 saturated heterocycles. The number of hydrogen-bond acceptors (Lipinski definition) is 5. The van der Waals surface area contributed by atoms with Gasteiger partial charge in [0, 0.05) is 33.1 Å². The van der Waals surface area contributed by atoms with Crippen molar-refractivity contribution in [2.24, 2.45) is 0 Å². The number of amides is 1. The lowest BCUT2D eigenvalue weighted by molar-refractivity contribution is -0.120. The van der Waals surface area contributed by atoms with Crippen molar-refractivity contribution in [3.05, 3.63) is 10.7 Å². The summed E-state index contributed by atoms with van der Waals surface area (Å²) < 4.78 is 0.627. The van der Waals surface area contributed by atoms with E-state index in [9.17, 15) is 4.79 Å². The minimum atomic E-state index is -0.0187. The molecule has 0 aromatic carbocycles. The zero-order valence-electron chi connectivity index (χ0n) is 9.20. The van der Waals surface area contributed by atoms with Crippen molar-refractivity contribution >= 4 is 33.6 Å². The molecule has 0 fully saturated rings. The molecule has 0 aliphatic heterocycles. The first kappa shape index (κ1) is 12.7. The minimum Gasteiger partial charge on any atom is -0.383 e. The van der Waals surface area contributed by atoms with E-state index in [-0.39, 0.29) is 5.91 Å². The van der Waals surface area contributed by atoms with Crippen LogP contribution < -0.4 is 16.0 Å². The predicted molar refractivity (Wildman–Crippen MR) is 66.1 cm³/mol. The van der Waals surface area contributed by atoms with E-state index in [1.165, 1.54) is 0 Å². The maximum atomic E-state index is 11.1. The molecule has 0 radical (unpaired) electrons. The van der Waals surface area contributed by atoms with Gasteiger partial charge in [-0.05, 0) is 15.9 Å². The molecule has 16 heavy (non-hydrogen) atoms. The Morgan fingerprint density at radius 3 is 2.88 bits per heavy atom. The average molecular weight is 288 g/mol. The van der Waals surface area contributed by atoms with E-state index in [1.54, 1.807) is 18.0 Å². The van der Waals surface area contributed by atoms with E-state index in [1.807, 2.05) is 7.05 Å². The number of carbonyl (C=O) groups is 1. The Kier molecular flexibility index (Phi) is 4.48. The molecular weight excluding hydrogens is 274 g/mol. The van der Waals surface area contributed by atoms with Crippen LogP contribution in [0.15, 0.2) is 10.7 Å². The van der Waals surface area contributed by atoms with Crippen LogP contribution in [0.25, 0.3) is 0 Å². The Hall–Kier alpha value is -1.37. The predicted octanol–water partition coefficient (Wildman–Crippen LogP) is 0.394. The van der Waals surface area contributed by atoms with Crippen molar-refractivity contribution in [3.63, 3.8) is 0 Å². The number of nitrogen functional groups attached to an aromatic ring is 1. The highest BCUT2D eigenvalue weighted by Crippen LogP contribution is 2.14. The molecule has 0 bridgehead atoms. The molecule has 1 amide bonds. The summed E-state index contributed by atoms with van der Waals surface area (Å²) in [5.41, 5.74) is 5.59. The number of nitrogens with one attached hydrogen (secondary N) is 1. The van der Waals surface area contributed by atoms with E-state index in [2.05, 4.69) is 31.2 Å². The third-order valence-corrected chi connectivity index (χ3v) is 2.40. The standard InChI is InChI=1S/C9H14BrN5O/c1-12-8(16)3-4-15(2)9-13-6(10)5-7(11)14-9/h5H,3-4H2,1-2H3,(H,12,16)(H2,11,13,14).